The lowest BCUT2D eigenvalue weighted by molar-refractivity contribution is -0.384. The molecular formula is C23H40N2O4. The largest absolute Gasteiger partial charge is 0.393 e. The second kappa shape index (κ2) is 15.4. The van der Waals surface area contributed by atoms with E-state index in [1.54, 1.807) is 0 Å². The summed E-state index contributed by atoms with van der Waals surface area (Å²) >= 11 is 0. The molecule has 0 saturated heterocycles. The van der Waals surface area contributed by atoms with Crippen LogP contribution in [0.1, 0.15) is 95.6 Å². The van der Waals surface area contributed by atoms with Crippen LogP contribution in [0, 0.1) is 16.0 Å². The first-order valence-corrected chi connectivity index (χ1v) is 11.3. The van der Waals surface area contributed by atoms with Gasteiger partial charge in [0, 0.05) is 18.6 Å². The monoisotopic (exact) mass is 408 g/mol. The summed E-state index contributed by atoms with van der Waals surface area (Å²) in [5.74, 6) is -0.0308. The van der Waals surface area contributed by atoms with E-state index in [-0.39, 0.29) is 18.0 Å². The number of aliphatic hydroxyl groups is 2. The molecule has 0 spiro atoms. The predicted octanol–water partition coefficient (Wildman–Crippen LogP) is 5.27. The van der Waals surface area contributed by atoms with Crippen molar-refractivity contribution in [2.24, 2.45) is 11.7 Å². The van der Waals surface area contributed by atoms with Crippen LogP contribution in [0.4, 0.5) is 5.69 Å². The first kappa shape index (κ1) is 25.5. The zero-order chi connectivity index (χ0) is 21.5. The van der Waals surface area contributed by atoms with E-state index in [9.17, 15) is 20.3 Å². The summed E-state index contributed by atoms with van der Waals surface area (Å²) in [6.45, 7) is 2.63. The normalized spacial score (nSPS) is 14.5. The van der Waals surface area contributed by atoms with Crippen LogP contribution in [0.2, 0.25) is 0 Å². The number of hydrogen-bond donors (Lipinski definition) is 3. The molecule has 1 aromatic carbocycles. The zero-order valence-corrected chi connectivity index (χ0v) is 18.0. The van der Waals surface area contributed by atoms with Gasteiger partial charge in [0.05, 0.1) is 17.1 Å². The van der Waals surface area contributed by atoms with Crippen molar-refractivity contribution in [2.75, 3.05) is 6.54 Å². The Morgan fingerprint density at radius 1 is 0.931 bits per heavy atom. The van der Waals surface area contributed by atoms with Crippen molar-refractivity contribution in [3.05, 3.63) is 39.9 Å². The van der Waals surface area contributed by atoms with Crippen molar-refractivity contribution in [2.45, 2.75) is 96.2 Å². The average molecular weight is 409 g/mol. The quantitative estimate of drug-likeness (QED) is 0.185. The van der Waals surface area contributed by atoms with E-state index < -0.39 is 17.1 Å². The molecule has 0 aliphatic heterocycles. The maximum Gasteiger partial charge on any atom is 0.269 e. The Kier molecular flexibility index (Phi) is 13.5. The molecular weight excluding hydrogens is 368 g/mol. The van der Waals surface area contributed by atoms with Gasteiger partial charge in [0.1, 0.15) is 0 Å². The molecule has 0 bridgehead atoms. The van der Waals surface area contributed by atoms with E-state index in [1.807, 2.05) is 0 Å². The number of nitro groups is 1. The van der Waals surface area contributed by atoms with Gasteiger partial charge in [-0.05, 0) is 36.6 Å². The number of rotatable bonds is 17. The van der Waals surface area contributed by atoms with Gasteiger partial charge in [-0.25, -0.2) is 0 Å². The van der Waals surface area contributed by atoms with Gasteiger partial charge in [0.2, 0.25) is 0 Å². The molecule has 4 N–H and O–H groups in total. The Balaban J connectivity index is 2.24. The molecule has 3 atom stereocenters. The van der Waals surface area contributed by atoms with Crippen molar-refractivity contribution < 1.29 is 15.1 Å². The van der Waals surface area contributed by atoms with Crippen LogP contribution in [-0.2, 0) is 0 Å². The van der Waals surface area contributed by atoms with E-state index in [1.165, 1.54) is 75.6 Å². The molecule has 1 aromatic rings. The fraction of sp³-hybridized carbons (Fsp3) is 0.739. The number of non-ortho nitro benzene ring substituents is 1. The van der Waals surface area contributed by atoms with E-state index in [0.717, 1.165) is 19.3 Å². The van der Waals surface area contributed by atoms with Gasteiger partial charge < -0.3 is 15.9 Å². The molecule has 29 heavy (non-hydrogen) atoms. The summed E-state index contributed by atoms with van der Waals surface area (Å²) in [4.78, 5) is 10.2. The molecule has 0 aliphatic carbocycles. The molecule has 0 heterocycles. The van der Waals surface area contributed by atoms with Crippen LogP contribution in [0.25, 0.3) is 0 Å². The van der Waals surface area contributed by atoms with Crippen LogP contribution < -0.4 is 5.73 Å². The average Bonchev–Trinajstić information content (AvgIpc) is 2.72. The van der Waals surface area contributed by atoms with Gasteiger partial charge in [-0.3, -0.25) is 10.1 Å². The zero-order valence-electron chi connectivity index (χ0n) is 18.0. The summed E-state index contributed by atoms with van der Waals surface area (Å²) in [5, 5.41) is 31.5. The van der Waals surface area contributed by atoms with Crippen LogP contribution in [0.15, 0.2) is 24.3 Å². The molecule has 1 rings (SSSR count). The Morgan fingerprint density at radius 3 is 1.93 bits per heavy atom. The minimum atomic E-state index is -0.854. The smallest absolute Gasteiger partial charge is 0.269 e. The third kappa shape index (κ3) is 10.7. The van der Waals surface area contributed by atoms with E-state index in [4.69, 9.17) is 5.73 Å². The highest BCUT2D eigenvalue weighted by atomic mass is 16.6. The first-order chi connectivity index (χ1) is 14.0. The molecule has 0 amide bonds. The molecule has 0 fully saturated rings. The molecule has 166 valence electrons. The lowest BCUT2D eigenvalue weighted by atomic mass is 9.90. The number of hydrogen-bond acceptors (Lipinski definition) is 5. The Bertz CT molecular complexity index is 550. The van der Waals surface area contributed by atoms with Crippen molar-refractivity contribution in [1.82, 2.24) is 0 Å². The predicted molar refractivity (Wildman–Crippen MR) is 118 cm³/mol. The summed E-state index contributed by atoms with van der Waals surface area (Å²) in [5.41, 5.74) is 6.41. The van der Waals surface area contributed by atoms with E-state index in [0.29, 0.717) is 12.1 Å². The fourth-order valence-electron chi connectivity index (χ4n) is 3.74. The highest BCUT2D eigenvalue weighted by molar-refractivity contribution is 5.33. The molecule has 0 saturated carbocycles. The van der Waals surface area contributed by atoms with Crippen molar-refractivity contribution in [3.63, 3.8) is 0 Å². The molecule has 0 radical (unpaired) electrons. The summed E-state index contributed by atoms with van der Waals surface area (Å²) in [6, 6.07) is 5.81. The van der Waals surface area contributed by atoms with Crippen molar-refractivity contribution in [1.29, 1.82) is 0 Å². The third-order valence-corrected chi connectivity index (χ3v) is 5.73. The van der Waals surface area contributed by atoms with Crippen LogP contribution in [-0.4, -0.2) is 27.8 Å². The fourth-order valence-corrected chi connectivity index (χ4v) is 3.74. The molecule has 2 unspecified atom stereocenters. The summed E-state index contributed by atoms with van der Waals surface area (Å²) in [7, 11) is 0. The van der Waals surface area contributed by atoms with Crippen LogP contribution >= 0.6 is 0 Å². The number of nitro benzene ring substituents is 1. The SMILES string of the molecule is CCCCCCCCCCCC[C@H](CN)C(O)CC(O)c1ccc([N+](=O)[O-])cc1. The number of nitrogens with zero attached hydrogens (tertiary/aromatic N) is 1. The molecule has 6 heteroatoms. The lowest BCUT2D eigenvalue weighted by Gasteiger charge is -2.24. The number of nitrogens with two attached hydrogens (primary N) is 1. The van der Waals surface area contributed by atoms with Crippen LogP contribution in [0.5, 0.6) is 0 Å². The lowest BCUT2D eigenvalue weighted by Crippen LogP contribution is -2.29. The maximum absolute atomic E-state index is 10.7. The number of benzene rings is 1. The van der Waals surface area contributed by atoms with Gasteiger partial charge in [-0.1, -0.05) is 71.1 Å². The third-order valence-electron chi connectivity index (χ3n) is 5.73. The minimum absolute atomic E-state index is 0.0118. The maximum atomic E-state index is 10.7. The second-order valence-corrected chi connectivity index (χ2v) is 8.13. The summed E-state index contributed by atoms with van der Waals surface area (Å²) < 4.78 is 0. The van der Waals surface area contributed by atoms with E-state index in [2.05, 4.69) is 6.92 Å². The molecule has 0 aliphatic rings. The Hall–Kier alpha value is -1.50. The molecule has 0 aromatic heterocycles. The Labute approximate surface area is 175 Å². The minimum Gasteiger partial charge on any atom is -0.393 e. The van der Waals surface area contributed by atoms with Crippen molar-refractivity contribution >= 4 is 5.69 Å². The van der Waals surface area contributed by atoms with Gasteiger partial charge in [-0.15, -0.1) is 0 Å². The van der Waals surface area contributed by atoms with Gasteiger partial charge in [0.25, 0.3) is 5.69 Å². The van der Waals surface area contributed by atoms with Crippen molar-refractivity contribution in [3.8, 4) is 0 Å². The van der Waals surface area contributed by atoms with Gasteiger partial charge in [0.15, 0.2) is 0 Å². The van der Waals surface area contributed by atoms with Gasteiger partial charge in [-0.2, -0.15) is 0 Å². The first-order valence-electron chi connectivity index (χ1n) is 11.3. The van der Waals surface area contributed by atoms with Gasteiger partial charge >= 0.3 is 0 Å². The summed E-state index contributed by atoms with van der Waals surface area (Å²) in [6.07, 6.45) is 12.2. The standard InChI is InChI=1S/C23H40N2O4/c1-2-3-4-5-6-7-8-9-10-11-12-20(18-24)23(27)17-22(26)19-13-15-21(16-14-19)25(28)29/h13-16,20,22-23,26-27H,2-12,17-18,24H2,1H3/t20-,22?,23?/m1/s1. The Morgan fingerprint density at radius 2 is 1.45 bits per heavy atom. The topological polar surface area (TPSA) is 110 Å². The van der Waals surface area contributed by atoms with Crippen LogP contribution in [0.3, 0.4) is 0 Å². The van der Waals surface area contributed by atoms with E-state index >= 15 is 0 Å². The number of unbranched alkanes of at least 4 members (excludes halogenated alkanes) is 9. The number of aliphatic hydroxyl groups excluding tert-OH is 2. The highest BCUT2D eigenvalue weighted by Gasteiger charge is 2.22. The second-order valence-electron chi connectivity index (χ2n) is 8.13. The molecule has 6 nitrogen and oxygen atoms in total. The highest BCUT2D eigenvalue weighted by Crippen LogP contribution is 2.25.